The molecule has 4 N–H and O–H groups in total. The fraction of sp³-hybridized carbons (Fsp3) is 0.308. The molecular formula is C13H15F3N4S. The molecule has 4 nitrogen and oxygen atoms in total. The zero-order valence-electron chi connectivity index (χ0n) is 11.3. The second-order valence-corrected chi connectivity index (χ2v) is 5.60. The maximum atomic E-state index is 12.8. The molecule has 0 saturated heterocycles. The Morgan fingerprint density at radius 3 is 2.43 bits per heavy atom. The first kappa shape index (κ1) is 15.6. The Bertz CT molecular complexity index is 610. The van der Waals surface area contributed by atoms with Gasteiger partial charge in [0.2, 0.25) is 0 Å². The van der Waals surface area contributed by atoms with Gasteiger partial charge in [-0.15, -0.1) is 11.3 Å². The highest BCUT2D eigenvalue weighted by Crippen LogP contribution is 2.32. The Labute approximate surface area is 124 Å². The Balaban J connectivity index is 2.15. The van der Waals surface area contributed by atoms with Crippen molar-refractivity contribution < 1.29 is 13.2 Å². The average Bonchev–Trinajstić information content (AvgIpc) is 2.92. The van der Waals surface area contributed by atoms with Gasteiger partial charge >= 0.3 is 6.18 Å². The highest BCUT2D eigenvalue weighted by molar-refractivity contribution is 7.12. The summed E-state index contributed by atoms with van der Waals surface area (Å²) in [6.45, 7) is 2.47. The van der Waals surface area contributed by atoms with E-state index in [4.69, 9.17) is 5.84 Å². The second-order valence-electron chi connectivity index (χ2n) is 4.34. The number of thiophene rings is 1. The Morgan fingerprint density at radius 1 is 1.19 bits per heavy atom. The predicted octanol–water partition coefficient (Wildman–Crippen LogP) is 3.62. The Kier molecular flexibility index (Phi) is 4.69. The van der Waals surface area contributed by atoms with Crippen LogP contribution in [0.1, 0.15) is 22.2 Å². The number of nitrogens with one attached hydrogen (secondary N) is 2. The standard InChI is InChI=1S/C13H15F3N4S/c1-2-9-3-4-10(21-9)7-18-11-5-8(13(14,15)16)6-12(19-11)20-17/h3-6H,2,7,17H2,1H3,(H2,18,19,20). The number of aryl methyl sites for hydroxylation is 1. The molecule has 0 atom stereocenters. The lowest BCUT2D eigenvalue weighted by molar-refractivity contribution is -0.137. The third-order valence-corrected chi connectivity index (χ3v) is 4.04. The molecule has 0 unspecified atom stereocenters. The van der Waals surface area contributed by atoms with Crippen molar-refractivity contribution in [2.45, 2.75) is 26.1 Å². The normalized spacial score (nSPS) is 11.5. The van der Waals surface area contributed by atoms with Gasteiger partial charge in [-0.2, -0.15) is 13.2 Å². The Hall–Kier alpha value is -1.80. The minimum absolute atomic E-state index is 0.0345. The molecule has 0 aliphatic heterocycles. The number of hydrazine groups is 1. The minimum Gasteiger partial charge on any atom is -0.365 e. The smallest absolute Gasteiger partial charge is 0.365 e. The summed E-state index contributed by atoms with van der Waals surface area (Å²) in [5, 5.41) is 2.89. The van der Waals surface area contributed by atoms with E-state index >= 15 is 0 Å². The van der Waals surface area contributed by atoms with Gasteiger partial charge in [-0.05, 0) is 30.7 Å². The van der Waals surface area contributed by atoms with Crippen molar-refractivity contribution in [3.8, 4) is 0 Å². The van der Waals surface area contributed by atoms with Gasteiger partial charge in [-0.1, -0.05) is 6.92 Å². The third kappa shape index (κ3) is 4.08. The first-order valence-electron chi connectivity index (χ1n) is 6.29. The molecule has 2 heterocycles. The lowest BCUT2D eigenvalue weighted by atomic mass is 10.2. The van der Waals surface area contributed by atoms with Gasteiger partial charge in [0, 0.05) is 9.75 Å². The summed E-state index contributed by atoms with van der Waals surface area (Å²) >= 11 is 1.62. The number of halogens is 3. The van der Waals surface area contributed by atoms with Crippen LogP contribution in [0.2, 0.25) is 0 Å². The van der Waals surface area contributed by atoms with Crippen molar-refractivity contribution in [2.24, 2.45) is 5.84 Å². The van der Waals surface area contributed by atoms with E-state index in [0.717, 1.165) is 23.4 Å². The van der Waals surface area contributed by atoms with E-state index < -0.39 is 11.7 Å². The quantitative estimate of drug-likeness (QED) is 0.582. The van der Waals surface area contributed by atoms with Crippen LogP contribution in [0.3, 0.4) is 0 Å². The van der Waals surface area contributed by atoms with Crippen LogP contribution in [0, 0.1) is 0 Å². The van der Waals surface area contributed by atoms with Crippen molar-refractivity contribution in [1.29, 1.82) is 0 Å². The molecule has 0 fully saturated rings. The van der Waals surface area contributed by atoms with Gasteiger partial charge in [0.05, 0.1) is 12.1 Å². The first-order chi connectivity index (χ1) is 9.92. The van der Waals surface area contributed by atoms with E-state index in [1.54, 1.807) is 11.3 Å². The van der Waals surface area contributed by atoms with Gasteiger partial charge in [-0.25, -0.2) is 10.8 Å². The number of rotatable bonds is 5. The number of hydrogen-bond acceptors (Lipinski definition) is 5. The van der Waals surface area contributed by atoms with E-state index in [9.17, 15) is 13.2 Å². The molecule has 21 heavy (non-hydrogen) atoms. The fourth-order valence-electron chi connectivity index (χ4n) is 1.74. The van der Waals surface area contributed by atoms with Crippen molar-refractivity contribution in [2.75, 3.05) is 10.7 Å². The number of nitrogens with zero attached hydrogens (tertiary/aromatic N) is 1. The SMILES string of the molecule is CCc1ccc(CNc2cc(C(F)(F)F)cc(NN)n2)s1. The van der Waals surface area contributed by atoms with Crippen LogP contribution in [0.25, 0.3) is 0 Å². The first-order valence-corrected chi connectivity index (χ1v) is 7.11. The lowest BCUT2D eigenvalue weighted by Crippen LogP contribution is -2.13. The molecule has 2 aromatic rings. The molecule has 0 saturated carbocycles. The number of hydrogen-bond donors (Lipinski definition) is 3. The molecule has 0 aromatic carbocycles. The number of nitrogen functional groups attached to an aromatic ring is 1. The zero-order valence-corrected chi connectivity index (χ0v) is 12.1. The van der Waals surface area contributed by atoms with Gasteiger partial charge in [0.1, 0.15) is 11.6 Å². The summed E-state index contributed by atoms with van der Waals surface area (Å²) in [6, 6.07) is 5.79. The third-order valence-electron chi connectivity index (χ3n) is 2.81. The average molecular weight is 316 g/mol. The maximum Gasteiger partial charge on any atom is 0.416 e. The largest absolute Gasteiger partial charge is 0.416 e. The van der Waals surface area contributed by atoms with Gasteiger partial charge < -0.3 is 10.7 Å². The van der Waals surface area contributed by atoms with Crippen LogP contribution in [0.5, 0.6) is 0 Å². The molecule has 8 heteroatoms. The number of alkyl halides is 3. The highest BCUT2D eigenvalue weighted by Gasteiger charge is 2.31. The molecular weight excluding hydrogens is 301 g/mol. The van der Waals surface area contributed by atoms with Crippen molar-refractivity contribution >= 4 is 23.0 Å². The molecule has 0 bridgehead atoms. The second kappa shape index (κ2) is 6.31. The monoisotopic (exact) mass is 316 g/mol. The minimum atomic E-state index is -4.44. The number of anilines is 2. The van der Waals surface area contributed by atoms with Crippen LogP contribution < -0.4 is 16.6 Å². The summed E-state index contributed by atoms with van der Waals surface area (Å²) in [5.74, 6) is 5.25. The lowest BCUT2D eigenvalue weighted by Gasteiger charge is -2.12. The van der Waals surface area contributed by atoms with E-state index in [0.29, 0.717) is 6.54 Å². The van der Waals surface area contributed by atoms with Crippen LogP contribution in [0.4, 0.5) is 24.8 Å². The fourth-order valence-corrected chi connectivity index (χ4v) is 2.64. The molecule has 0 spiro atoms. The van der Waals surface area contributed by atoms with E-state index in [1.807, 2.05) is 12.1 Å². The molecule has 0 radical (unpaired) electrons. The summed E-state index contributed by atoms with van der Waals surface area (Å²) in [5.41, 5.74) is 1.34. The van der Waals surface area contributed by atoms with Gasteiger partial charge in [0.25, 0.3) is 0 Å². The zero-order chi connectivity index (χ0) is 15.5. The van der Waals surface area contributed by atoms with Crippen molar-refractivity contribution in [3.05, 3.63) is 39.6 Å². The molecule has 0 aliphatic carbocycles. The van der Waals surface area contributed by atoms with Crippen molar-refractivity contribution in [1.82, 2.24) is 4.98 Å². The van der Waals surface area contributed by atoms with E-state index in [1.165, 1.54) is 4.88 Å². The van der Waals surface area contributed by atoms with Gasteiger partial charge in [0.15, 0.2) is 0 Å². The van der Waals surface area contributed by atoms with E-state index in [-0.39, 0.29) is 11.6 Å². The molecule has 0 aliphatic rings. The Morgan fingerprint density at radius 2 is 1.86 bits per heavy atom. The van der Waals surface area contributed by atoms with Gasteiger partial charge in [-0.3, -0.25) is 0 Å². The summed E-state index contributed by atoms with van der Waals surface area (Å²) < 4.78 is 38.3. The van der Waals surface area contributed by atoms with Crippen molar-refractivity contribution in [3.63, 3.8) is 0 Å². The molecule has 0 amide bonds. The highest BCUT2D eigenvalue weighted by atomic mass is 32.1. The van der Waals surface area contributed by atoms with Crippen LogP contribution in [-0.4, -0.2) is 4.98 Å². The van der Waals surface area contributed by atoms with E-state index in [2.05, 4.69) is 22.7 Å². The number of pyridine rings is 1. The summed E-state index contributed by atoms with van der Waals surface area (Å²) in [6.07, 6.45) is -3.50. The number of aromatic nitrogens is 1. The maximum absolute atomic E-state index is 12.8. The van der Waals surface area contributed by atoms with Crippen LogP contribution in [-0.2, 0) is 19.1 Å². The number of nitrogens with two attached hydrogens (primary N) is 1. The molecule has 2 rings (SSSR count). The molecule has 114 valence electrons. The summed E-state index contributed by atoms with van der Waals surface area (Å²) in [7, 11) is 0. The van der Waals surface area contributed by atoms with Crippen LogP contribution in [0.15, 0.2) is 24.3 Å². The topological polar surface area (TPSA) is 63.0 Å². The summed E-state index contributed by atoms with van der Waals surface area (Å²) in [4.78, 5) is 6.23. The van der Waals surface area contributed by atoms with Crippen LogP contribution >= 0.6 is 11.3 Å². The predicted molar refractivity (Wildman–Crippen MR) is 78.1 cm³/mol. The molecule has 2 aromatic heterocycles.